The molecular formula is C15H19ClFN3O2. The molecule has 1 saturated heterocycles. The minimum Gasteiger partial charge on any atom is -0.378 e. The van der Waals surface area contributed by atoms with Gasteiger partial charge in [-0.05, 0) is 12.1 Å². The zero-order valence-corrected chi connectivity index (χ0v) is 13.1. The first-order chi connectivity index (χ1) is 10.6. The highest BCUT2D eigenvalue weighted by molar-refractivity contribution is 6.33. The summed E-state index contributed by atoms with van der Waals surface area (Å²) in [5.41, 5.74) is 4.40. The molecule has 2 heterocycles. The van der Waals surface area contributed by atoms with Gasteiger partial charge in [-0.3, -0.25) is 5.43 Å². The number of nitrogens with zero attached hydrogens (tertiary/aromatic N) is 2. The van der Waals surface area contributed by atoms with Crippen LogP contribution in [-0.2, 0) is 4.74 Å². The number of aliphatic hydroxyl groups is 1. The molecule has 0 radical (unpaired) electrons. The highest BCUT2D eigenvalue weighted by Crippen LogP contribution is 2.32. The smallest absolute Gasteiger partial charge is 0.148 e. The van der Waals surface area contributed by atoms with Crippen LogP contribution in [0.4, 0.5) is 10.1 Å². The van der Waals surface area contributed by atoms with Gasteiger partial charge >= 0.3 is 0 Å². The number of aliphatic hydroxyl groups excluding tert-OH is 1. The van der Waals surface area contributed by atoms with E-state index in [9.17, 15) is 9.50 Å². The Bertz CT molecular complexity index is 567. The second-order valence-corrected chi connectivity index (χ2v) is 6.07. The molecule has 7 heteroatoms. The predicted octanol–water partition coefficient (Wildman–Crippen LogP) is 1.97. The Balaban J connectivity index is 1.92. The Morgan fingerprint density at radius 3 is 2.77 bits per heavy atom. The molecule has 2 N–H and O–H groups in total. The van der Waals surface area contributed by atoms with Crippen molar-refractivity contribution in [2.24, 2.45) is 11.0 Å². The third kappa shape index (κ3) is 3.04. The fraction of sp³-hybridized carbons (Fsp3) is 0.533. The molecule has 1 fully saturated rings. The van der Waals surface area contributed by atoms with E-state index in [1.807, 2.05) is 11.8 Å². The predicted molar refractivity (Wildman–Crippen MR) is 83.9 cm³/mol. The fourth-order valence-corrected chi connectivity index (χ4v) is 3.23. The van der Waals surface area contributed by atoms with Crippen molar-refractivity contribution in [3.05, 3.63) is 28.5 Å². The number of morpholine rings is 1. The first kappa shape index (κ1) is 15.5. The van der Waals surface area contributed by atoms with E-state index in [0.29, 0.717) is 54.7 Å². The summed E-state index contributed by atoms with van der Waals surface area (Å²) in [6.45, 7) is 4.35. The van der Waals surface area contributed by atoms with Crippen molar-refractivity contribution in [2.75, 3.05) is 31.2 Å². The number of hydrazone groups is 1. The van der Waals surface area contributed by atoms with Crippen LogP contribution in [0.15, 0.2) is 17.2 Å². The number of ether oxygens (including phenoxy) is 1. The Hall–Kier alpha value is -1.37. The molecule has 2 atom stereocenters. The van der Waals surface area contributed by atoms with E-state index in [4.69, 9.17) is 16.3 Å². The monoisotopic (exact) mass is 327 g/mol. The lowest BCUT2D eigenvalue weighted by Gasteiger charge is -2.30. The molecule has 0 spiro atoms. The van der Waals surface area contributed by atoms with Crippen molar-refractivity contribution in [3.63, 3.8) is 0 Å². The number of halogens is 2. The van der Waals surface area contributed by atoms with Gasteiger partial charge in [-0.15, -0.1) is 0 Å². The highest BCUT2D eigenvalue weighted by atomic mass is 35.5. The molecule has 0 saturated carbocycles. The molecular weight excluding hydrogens is 309 g/mol. The Labute approximate surface area is 133 Å². The summed E-state index contributed by atoms with van der Waals surface area (Å²) < 4.78 is 19.8. The average Bonchev–Trinajstić information content (AvgIpc) is 2.47. The van der Waals surface area contributed by atoms with Gasteiger partial charge in [0.2, 0.25) is 0 Å². The lowest BCUT2D eigenvalue weighted by Crippen LogP contribution is -2.37. The van der Waals surface area contributed by atoms with Gasteiger partial charge in [-0.25, -0.2) is 4.39 Å². The van der Waals surface area contributed by atoms with Gasteiger partial charge < -0.3 is 14.7 Å². The van der Waals surface area contributed by atoms with E-state index < -0.39 is 6.23 Å². The van der Waals surface area contributed by atoms with Crippen LogP contribution < -0.4 is 10.3 Å². The van der Waals surface area contributed by atoms with Crippen LogP contribution in [0.5, 0.6) is 0 Å². The zero-order chi connectivity index (χ0) is 15.7. The highest BCUT2D eigenvalue weighted by Gasteiger charge is 2.25. The lowest BCUT2D eigenvalue weighted by molar-refractivity contribution is 0.114. The van der Waals surface area contributed by atoms with Gasteiger partial charge in [0, 0.05) is 31.0 Å². The van der Waals surface area contributed by atoms with E-state index in [2.05, 4.69) is 10.5 Å². The van der Waals surface area contributed by atoms with E-state index in [1.165, 1.54) is 6.07 Å². The first-order valence-electron chi connectivity index (χ1n) is 7.39. The molecule has 22 heavy (non-hydrogen) atoms. The molecule has 5 nitrogen and oxygen atoms in total. The lowest BCUT2D eigenvalue weighted by atomic mass is 9.93. The summed E-state index contributed by atoms with van der Waals surface area (Å²) in [5.74, 6) is -0.327. The van der Waals surface area contributed by atoms with Crippen LogP contribution in [-0.4, -0.2) is 43.3 Å². The maximum atomic E-state index is 14.6. The summed E-state index contributed by atoms with van der Waals surface area (Å²) in [6, 6.07) is 3.20. The van der Waals surface area contributed by atoms with E-state index >= 15 is 0 Å². The molecule has 3 rings (SSSR count). The van der Waals surface area contributed by atoms with Crippen LogP contribution in [0, 0.1) is 11.7 Å². The quantitative estimate of drug-likeness (QED) is 0.872. The van der Waals surface area contributed by atoms with E-state index in [0.717, 1.165) is 0 Å². The van der Waals surface area contributed by atoms with Crippen LogP contribution >= 0.6 is 11.6 Å². The molecule has 0 aromatic heterocycles. The molecule has 2 aliphatic heterocycles. The van der Waals surface area contributed by atoms with Crippen LogP contribution in [0.2, 0.25) is 5.02 Å². The first-order valence-corrected chi connectivity index (χ1v) is 7.77. The van der Waals surface area contributed by atoms with Gasteiger partial charge in [0.15, 0.2) is 0 Å². The zero-order valence-electron chi connectivity index (χ0n) is 12.4. The Morgan fingerprint density at radius 1 is 1.41 bits per heavy atom. The summed E-state index contributed by atoms with van der Waals surface area (Å²) in [7, 11) is 0. The number of rotatable bonds is 2. The van der Waals surface area contributed by atoms with Gasteiger partial charge in [0.05, 0.1) is 29.6 Å². The second-order valence-electron chi connectivity index (χ2n) is 5.67. The molecule has 1 aromatic carbocycles. The third-order valence-corrected chi connectivity index (χ3v) is 4.31. The second kappa shape index (κ2) is 6.40. The van der Waals surface area contributed by atoms with Crippen molar-refractivity contribution < 1.29 is 14.2 Å². The molecule has 0 amide bonds. The molecule has 2 unspecified atom stereocenters. The summed E-state index contributed by atoms with van der Waals surface area (Å²) in [5, 5.41) is 14.0. The molecule has 0 bridgehead atoms. The van der Waals surface area contributed by atoms with Crippen molar-refractivity contribution in [3.8, 4) is 0 Å². The minimum absolute atomic E-state index is 0.0287. The van der Waals surface area contributed by atoms with Gasteiger partial charge in [0.25, 0.3) is 0 Å². The molecule has 0 aliphatic carbocycles. The SMILES string of the molecule is CC1CC(O)NN=C1c1cc(F)c(N2CCOCC2)c(Cl)c1. The summed E-state index contributed by atoms with van der Waals surface area (Å²) >= 11 is 6.32. The van der Waals surface area contributed by atoms with Crippen LogP contribution in [0.1, 0.15) is 18.9 Å². The largest absolute Gasteiger partial charge is 0.378 e. The number of benzene rings is 1. The summed E-state index contributed by atoms with van der Waals surface area (Å²) in [4.78, 5) is 1.90. The molecule has 120 valence electrons. The number of hydrogen-bond acceptors (Lipinski definition) is 5. The van der Waals surface area contributed by atoms with Gasteiger partial charge in [-0.1, -0.05) is 18.5 Å². The van der Waals surface area contributed by atoms with Crippen molar-refractivity contribution in [2.45, 2.75) is 19.6 Å². The normalized spacial score (nSPS) is 25.6. The van der Waals surface area contributed by atoms with E-state index in [-0.39, 0.29) is 11.7 Å². The van der Waals surface area contributed by atoms with Crippen LogP contribution in [0.3, 0.4) is 0 Å². The molecule has 2 aliphatic rings. The van der Waals surface area contributed by atoms with E-state index in [1.54, 1.807) is 6.07 Å². The number of anilines is 1. The van der Waals surface area contributed by atoms with Crippen molar-refractivity contribution >= 4 is 23.0 Å². The number of nitrogens with one attached hydrogen (secondary N) is 1. The number of hydrogen-bond donors (Lipinski definition) is 2. The Morgan fingerprint density at radius 2 is 2.14 bits per heavy atom. The third-order valence-electron chi connectivity index (χ3n) is 4.02. The standard InChI is InChI=1S/C15H19ClFN3O2/c1-9-6-13(21)18-19-14(9)10-7-11(16)15(12(17)8-10)20-2-4-22-5-3-20/h7-9,13,18,21H,2-6H2,1H3. The van der Waals surface area contributed by atoms with Crippen molar-refractivity contribution in [1.82, 2.24) is 5.43 Å². The van der Waals surface area contributed by atoms with Gasteiger partial charge in [-0.2, -0.15) is 5.10 Å². The summed E-state index contributed by atoms with van der Waals surface area (Å²) in [6.07, 6.45) is -0.129. The molecule has 1 aromatic rings. The maximum absolute atomic E-state index is 14.6. The minimum atomic E-state index is -0.660. The maximum Gasteiger partial charge on any atom is 0.148 e. The van der Waals surface area contributed by atoms with Crippen LogP contribution in [0.25, 0.3) is 0 Å². The van der Waals surface area contributed by atoms with Gasteiger partial charge in [0.1, 0.15) is 12.0 Å². The average molecular weight is 328 g/mol. The topological polar surface area (TPSA) is 57.1 Å². The van der Waals surface area contributed by atoms with Crippen molar-refractivity contribution in [1.29, 1.82) is 0 Å². The fourth-order valence-electron chi connectivity index (χ4n) is 2.90. The Kier molecular flexibility index (Phi) is 4.52.